The normalized spacial score (nSPS) is 20.7. The second-order valence-electron chi connectivity index (χ2n) is 8.17. The van der Waals surface area contributed by atoms with Crippen molar-refractivity contribution in [2.45, 2.75) is 67.4 Å². The summed E-state index contributed by atoms with van der Waals surface area (Å²) in [5.74, 6) is 2.68. The van der Waals surface area contributed by atoms with Gasteiger partial charge in [-0.15, -0.1) is 11.8 Å². The standard InChI is InChI=1S/C22H32N6OS/c1-23-21(25-17-10-11-20-26-19(15-29-2)27-28(20)14-17)24-16-22(12-6-7-13-22)30-18-8-4-3-5-9-18/h3-5,8-9,17H,6-7,10-16H2,1-2H3,(H2,23,24,25). The SMILES string of the molecule is CN=C(NCC1(Sc2ccccc2)CCCC1)NC1CCc2nc(COC)nn2C1. The fourth-order valence-electron chi connectivity index (χ4n) is 4.37. The number of benzene rings is 1. The maximum absolute atomic E-state index is 5.16. The van der Waals surface area contributed by atoms with Gasteiger partial charge in [0.25, 0.3) is 0 Å². The third-order valence-corrected chi connectivity index (χ3v) is 7.40. The molecule has 4 rings (SSSR count). The molecule has 7 nitrogen and oxygen atoms in total. The Balaban J connectivity index is 1.34. The molecule has 2 heterocycles. The van der Waals surface area contributed by atoms with Crippen molar-refractivity contribution in [3.63, 3.8) is 0 Å². The molecule has 0 amide bonds. The number of aliphatic imine (C=N–C) groups is 1. The van der Waals surface area contributed by atoms with Crippen molar-refractivity contribution in [2.75, 3.05) is 20.7 Å². The highest BCUT2D eigenvalue weighted by Gasteiger charge is 2.35. The van der Waals surface area contributed by atoms with Crippen LogP contribution in [-0.4, -0.2) is 52.2 Å². The second kappa shape index (κ2) is 9.83. The number of hydrogen-bond acceptors (Lipinski definition) is 5. The van der Waals surface area contributed by atoms with E-state index >= 15 is 0 Å². The number of rotatable bonds is 7. The van der Waals surface area contributed by atoms with Gasteiger partial charge in [-0.2, -0.15) is 5.10 Å². The topological polar surface area (TPSA) is 76.4 Å². The van der Waals surface area contributed by atoms with Crippen LogP contribution in [0.25, 0.3) is 0 Å². The molecular formula is C22H32N6OS. The number of thioether (sulfide) groups is 1. The van der Waals surface area contributed by atoms with Crippen molar-refractivity contribution in [1.29, 1.82) is 0 Å². The van der Waals surface area contributed by atoms with E-state index in [1.54, 1.807) is 7.11 Å². The number of aryl methyl sites for hydroxylation is 1. The van der Waals surface area contributed by atoms with Gasteiger partial charge in [0.05, 0.1) is 6.54 Å². The number of hydrogen-bond donors (Lipinski definition) is 2. The molecule has 2 aromatic rings. The van der Waals surface area contributed by atoms with Crippen LogP contribution in [0.4, 0.5) is 0 Å². The lowest BCUT2D eigenvalue weighted by molar-refractivity contribution is 0.177. The smallest absolute Gasteiger partial charge is 0.191 e. The first kappa shape index (κ1) is 21.2. The Labute approximate surface area is 183 Å². The molecule has 1 aliphatic carbocycles. The Kier molecular flexibility index (Phi) is 6.94. The van der Waals surface area contributed by atoms with Crippen molar-refractivity contribution >= 4 is 17.7 Å². The van der Waals surface area contributed by atoms with Crippen LogP contribution in [-0.2, 0) is 24.3 Å². The molecule has 162 valence electrons. The minimum Gasteiger partial charge on any atom is -0.377 e. The first-order chi connectivity index (χ1) is 14.7. The molecule has 1 fully saturated rings. The van der Waals surface area contributed by atoms with Crippen molar-refractivity contribution in [2.24, 2.45) is 4.99 Å². The molecule has 1 aromatic heterocycles. The van der Waals surface area contributed by atoms with Gasteiger partial charge in [0.15, 0.2) is 11.8 Å². The summed E-state index contributed by atoms with van der Waals surface area (Å²) in [6.07, 6.45) is 7.02. The fraction of sp³-hybridized carbons (Fsp3) is 0.591. The predicted octanol–water partition coefficient (Wildman–Crippen LogP) is 3.01. The van der Waals surface area contributed by atoms with Crippen molar-refractivity contribution in [1.82, 2.24) is 25.4 Å². The molecule has 1 aromatic carbocycles. The lowest BCUT2D eigenvalue weighted by Gasteiger charge is -2.31. The zero-order valence-electron chi connectivity index (χ0n) is 17.9. The average Bonchev–Trinajstić information content (AvgIpc) is 3.38. The van der Waals surface area contributed by atoms with E-state index in [4.69, 9.17) is 4.74 Å². The third-order valence-electron chi connectivity index (χ3n) is 5.91. The number of fused-ring (bicyclic) bond motifs is 1. The van der Waals surface area contributed by atoms with E-state index in [9.17, 15) is 0 Å². The lowest BCUT2D eigenvalue weighted by atomic mass is 10.1. The van der Waals surface area contributed by atoms with Gasteiger partial charge < -0.3 is 15.4 Å². The summed E-state index contributed by atoms with van der Waals surface area (Å²) >= 11 is 2.02. The van der Waals surface area contributed by atoms with E-state index in [1.165, 1.54) is 30.6 Å². The number of aromatic nitrogens is 3. The highest BCUT2D eigenvalue weighted by molar-refractivity contribution is 8.00. The average molecular weight is 429 g/mol. The van der Waals surface area contributed by atoms with E-state index < -0.39 is 0 Å². The van der Waals surface area contributed by atoms with E-state index in [0.29, 0.717) is 12.6 Å². The van der Waals surface area contributed by atoms with E-state index in [1.807, 2.05) is 23.5 Å². The zero-order valence-corrected chi connectivity index (χ0v) is 18.7. The van der Waals surface area contributed by atoms with Crippen LogP contribution < -0.4 is 10.6 Å². The molecule has 30 heavy (non-hydrogen) atoms. The Morgan fingerprint density at radius 1 is 1.30 bits per heavy atom. The molecule has 0 radical (unpaired) electrons. The van der Waals surface area contributed by atoms with Crippen molar-refractivity contribution in [3.8, 4) is 0 Å². The van der Waals surface area contributed by atoms with E-state index in [0.717, 1.165) is 43.5 Å². The minimum absolute atomic E-state index is 0.236. The highest BCUT2D eigenvalue weighted by atomic mass is 32.2. The summed E-state index contributed by atoms with van der Waals surface area (Å²) in [6.45, 7) is 2.19. The van der Waals surface area contributed by atoms with Gasteiger partial charge in [0.1, 0.15) is 12.4 Å². The van der Waals surface area contributed by atoms with Crippen LogP contribution in [0.5, 0.6) is 0 Å². The van der Waals surface area contributed by atoms with E-state index in [2.05, 4.69) is 56.0 Å². The third kappa shape index (κ3) is 5.16. The van der Waals surface area contributed by atoms with Crippen LogP contribution in [0.2, 0.25) is 0 Å². The van der Waals surface area contributed by atoms with Gasteiger partial charge in [-0.05, 0) is 31.4 Å². The predicted molar refractivity (Wildman–Crippen MR) is 121 cm³/mol. The van der Waals surface area contributed by atoms with Crippen LogP contribution in [0.3, 0.4) is 0 Å². The van der Waals surface area contributed by atoms with Crippen LogP contribution >= 0.6 is 11.8 Å². The van der Waals surface area contributed by atoms with Gasteiger partial charge in [-0.1, -0.05) is 31.0 Å². The molecule has 0 bridgehead atoms. The number of nitrogens with zero attached hydrogens (tertiary/aromatic N) is 4. The molecule has 1 saturated carbocycles. The number of ether oxygens (including phenoxy) is 1. The molecule has 8 heteroatoms. The number of nitrogens with one attached hydrogen (secondary N) is 2. The molecule has 0 spiro atoms. The summed E-state index contributed by atoms with van der Waals surface area (Å²) in [7, 11) is 3.52. The summed E-state index contributed by atoms with van der Waals surface area (Å²) in [6, 6.07) is 11.1. The van der Waals surface area contributed by atoms with Crippen LogP contribution in [0.1, 0.15) is 43.8 Å². The first-order valence-electron chi connectivity index (χ1n) is 10.8. The van der Waals surface area contributed by atoms with Gasteiger partial charge in [-0.3, -0.25) is 4.99 Å². The molecule has 0 saturated heterocycles. The highest BCUT2D eigenvalue weighted by Crippen LogP contribution is 2.44. The Hall–Kier alpha value is -2.06. The van der Waals surface area contributed by atoms with E-state index in [-0.39, 0.29) is 4.75 Å². The summed E-state index contributed by atoms with van der Waals surface area (Å²) in [4.78, 5) is 10.4. The minimum atomic E-state index is 0.236. The Morgan fingerprint density at radius 2 is 2.10 bits per heavy atom. The van der Waals surface area contributed by atoms with Crippen molar-refractivity contribution < 1.29 is 4.74 Å². The van der Waals surface area contributed by atoms with Gasteiger partial charge >= 0.3 is 0 Å². The summed E-state index contributed by atoms with van der Waals surface area (Å²) in [5.41, 5.74) is 0. The van der Waals surface area contributed by atoms with Gasteiger partial charge in [0.2, 0.25) is 0 Å². The molecule has 1 atom stereocenters. The van der Waals surface area contributed by atoms with Gasteiger partial charge in [0, 0.05) is 42.8 Å². The molecule has 1 unspecified atom stereocenters. The molecular weight excluding hydrogens is 396 g/mol. The number of guanidine groups is 1. The second-order valence-corrected chi connectivity index (χ2v) is 9.71. The lowest BCUT2D eigenvalue weighted by Crippen LogP contribution is -2.50. The first-order valence-corrected chi connectivity index (χ1v) is 11.6. The van der Waals surface area contributed by atoms with Crippen LogP contribution in [0.15, 0.2) is 40.2 Å². The maximum Gasteiger partial charge on any atom is 0.191 e. The summed E-state index contributed by atoms with van der Waals surface area (Å²) < 4.78 is 7.40. The fourth-order valence-corrected chi connectivity index (χ4v) is 5.80. The number of methoxy groups -OCH3 is 1. The monoisotopic (exact) mass is 428 g/mol. The molecule has 2 N–H and O–H groups in total. The van der Waals surface area contributed by atoms with Gasteiger partial charge in [-0.25, -0.2) is 9.67 Å². The largest absolute Gasteiger partial charge is 0.377 e. The zero-order chi connectivity index (χ0) is 20.8. The maximum atomic E-state index is 5.16. The quantitative estimate of drug-likeness (QED) is 0.522. The Bertz CT molecular complexity index is 847. The molecule has 1 aliphatic heterocycles. The molecule has 2 aliphatic rings. The van der Waals surface area contributed by atoms with Crippen LogP contribution in [0, 0.1) is 0 Å². The Morgan fingerprint density at radius 3 is 2.83 bits per heavy atom. The summed E-state index contributed by atoms with van der Waals surface area (Å²) in [5, 5.41) is 11.8. The van der Waals surface area contributed by atoms with Crippen molar-refractivity contribution in [3.05, 3.63) is 42.0 Å².